The maximum Gasteiger partial charge on any atom is 0.331 e. The molecule has 25 heavy (non-hydrogen) atoms. The first kappa shape index (κ1) is 23.7. The molecule has 4 nitrogen and oxygen atoms in total. The number of esters is 2. The van der Waals surface area contributed by atoms with Gasteiger partial charge < -0.3 is 9.47 Å². The molecular weight excluding hydrogens is 316 g/mol. The number of hydrogen-bond acceptors (Lipinski definition) is 4. The average Bonchev–Trinajstić information content (AvgIpc) is 2.58. The summed E-state index contributed by atoms with van der Waals surface area (Å²) in [6.45, 7) is 6.65. The first-order valence-corrected chi connectivity index (χ1v) is 10.2. The molecule has 4 heteroatoms. The second-order valence-electron chi connectivity index (χ2n) is 6.72. The zero-order valence-electron chi connectivity index (χ0n) is 16.6. The minimum atomic E-state index is -0.479. The number of ether oxygens (including phenoxy) is 2. The quantitative estimate of drug-likeness (QED) is 0.201. The molecule has 146 valence electrons. The molecule has 0 amide bonds. The first-order chi connectivity index (χ1) is 12.1. The standard InChI is InChI=1S/C21H38O4/c1-4-6-8-9-10-11-12-14-18-24-20(22)16-17-21(23)25-19(3)15-13-7-5-2/h16-17,19H,4-15,18H2,1-3H3/b17-16+. The van der Waals surface area contributed by atoms with E-state index in [0.717, 1.165) is 50.7 Å². The van der Waals surface area contributed by atoms with E-state index in [9.17, 15) is 9.59 Å². The van der Waals surface area contributed by atoms with Gasteiger partial charge in [-0.1, -0.05) is 71.6 Å². The Labute approximate surface area is 154 Å². The van der Waals surface area contributed by atoms with E-state index in [-0.39, 0.29) is 6.10 Å². The molecule has 0 aromatic carbocycles. The Morgan fingerprint density at radius 3 is 1.92 bits per heavy atom. The lowest BCUT2D eigenvalue weighted by Gasteiger charge is -2.10. The predicted octanol–water partition coefficient (Wildman–Crippen LogP) is 5.74. The zero-order chi connectivity index (χ0) is 18.8. The van der Waals surface area contributed by atoms with Crippen LogP contribution in [0.1, 0.15) is 97.8 Å². The molecule has 0 aliphatic rings. The van der Waals surface area contributed by atoms with Gasteiger partial charge in [0.25, 0.3) is 0 Å². The Bertz CT molecular complexity index is 363. The minimum Gasteiger partial charge on any atom is -0.463 e. The maximum absolute atomic E-state index is 11.6. The molecule has 0 fully saturated rings. The van der Waals surface area contributed by atoms with Crippen molar-refractivity contribution in [2.45, 2.75) is 104 Å². The fourth-order valence-corrected chi connectivity index (χ4v) is 2.57. The van der Waals surface area contributed by atoms with Crippen LogP contribution in [-0.2, 0) is 19.1 Å². The van der Waals surface area contributed by atoms with Gasteiger partial charge in [0.2, 0.25) is 0 Å². The summed E-state index contributed by atoms with van der Waals surface area (Å²) in [5, 5.41) is 0. The third-order valence-electron chi connectivity index (χ3n) is 4.13. The van der Waals surface area contributed by atoms with Crippen LogP contribution in [0.4, 0.5) is 0 Å². The second-order valence-corrected chi connectivity index (χ2v) is 6.72. The van der Waals surface area contributed by atoms with Gasteiger partial charge in [0.05, 0.1) is 12.7 Å². The van der Waals surface area contributed by atoms with E-state index in [1.807, 2.05) is 6.92 Å². The topological polar surface area (TPSA) is 52.6 Å². The van der Waals surface area contributed by atoms with Crippen molar-refractivity contribution in [3.63, 3.8) is 0 Å². The van der Waals surface area contributed by atoms with E-state index < -0.39 is 11.9 Å². The van der Waals surface area contributed by atoms with Crippen molar-refractivity contribution in [1.82, 2.24) is 0 Å². The molecule has 0 saturated carbocycles. The van der Waals surface area contributed by atoms with Crippen LogP contribution in [0.5, 0.6) is 0 Å². The molecule has 0 saturated heterocycles. The largest absolute Gasteiger partial charge is 0.463 e. The third kappa shape index (κ3) is 17.3. The van der Waals surface area contributed by atoms with E-state index in [4.69, 9.17) is 9.47 Å². The molecule has 1 unspecified atom stereocenters. The third-order valence-corrected chi connectivity index (χ3v) is 4.13. The van der Waals surface area contributed by atoms with Crippen LogP contribution in [0.3, 0.4) is 0 Å². The normalized spacial score (nSPS) is 12.3. The molecule has 0 bridgehead atoms. The fourth-order valence-electron chi connectivity index (χ4n) is 2.57. The Hall–Kier alpha value is -1.32. The highest BCUT2D eigenvalue weighted by Crippen LogP contribution is 2.09. The lowest BCUT2D eigenvalue weighted by Crippen LogP contribution is -2.13. The molecule has 0 aliphatic carbocycles. The summed E-state index contributed by atoms with van der Waals surface area (Å²) in [6.07, 6.45) is 16.0. The Morgan fingerprint density at radius 2 is 1.28 bits per heavy atom. The second kappa shape index (κ2) is 17.5. The maximum atomic E-state index is 11.6. The summed E-state index contributed by atoms with van der Waals surface area (Å²) in [5.41, 5.74) is 0. The Balaban J connectivity index is 3.60. The number of rotatable bonds is 16. The van der Waals surface area contributed by atoms with Gasteiger partial charge in [0.15, 0.2) is 0 Å². The van der Waals surface area contributed by atoms with Crippen molar-refractivity contribution in [1.29, 1.82) is 0 Å². The summed E-state index contributed by atoms with van der Waals surface area (Å²) in [4.78, 5) is 23.1. The highest BCUT2D eigenvalue weighted by molar-refractivity contribution is 5.91. The molecular formula is C21H38O4. The Morgan fingerprint density at radius 1 is 0.760 bits per heavy atom. The molecule has 0 heterocycles. The molecule has 0 aliphatic heterocycles. The minimum absolute atomic E-state index is 0.114. The van der Waals surface area contributed by atoms with Crippen molar-refractivity contribution in [2.24, 2.45) is 0 Å². The smallest absolute Gasteiger partial charge is 0.331 e. The lowest BCUT2D eigenvalue weighted by molar-refractivity contribution is -0.143. The number of carbonyl (C=O) groups is 2. The van der Waals surface area contributed by atoms with Crippen LogP contribution in [0.2, 0.25) is 0 Å². The molecule has 0 radical (unpaired) electrons. The van der Waals surface area contributed by atoms with Crippen molar-refractivity contribution in [3.05, 3.63) is 12.2 Å². The van der Waals surface area contributed by atoms with E-state index >= 15 is 0 Å². The van der Waals surface area contributed by atoms with Gasteiger partial charge in [-0.15, -0.1) is 0 Å². The molecule has 0 N–H and O–H groups in total. The molecule has 1 atom stereocenters. The van der Waals surface area contributed by atoms with Crippen molar-refractivity contribution >= 4 is 11.9 Å². The molecule has 0 rings (SSSR count). The highest BCUT2D eigenvalue weighted by atomic mass is 16.5. The fraction of sp³-hybridized carbons (Fsp3) is 0.810. The first-order valence-electron chi connectivity index (χ1n) is 10.2. The number of carbonyl (C=O) groups excluding carboxylic acids is 2. The monoisotopic (exact) mass is 354 g/mol. The summed E-state index contributed by atoms with van der Waals surface area (Å²) in [5.74, 6) is -0.952. The van der Waals surface area contributed by atoms with E-state index in [1.165, 1.54) is 38.5 Å². The van der Waals surface area contributed by atoms with Crippen LogP contribution >= 0.6 is 0 Å². The van der Waals surface area contributed by atoms with Gasteiger partial charge in [-0.25, -0.2) is 9.59 Å². The predicted molar refractivity (Wildman–Crippen MR) is 102 cm³/mol. The zero-order valence-corrected chi connectivity index (χ0v) is 16.6. The molecule has 0 aromatic heterocycles. The van der Waals surface area contributed by atoms with Gasteiger partial charge >= 0.3 is 11.9 Å². The van der Waals surface area contributed by atoms with Crippen molar-refractivity contribution < 1.29 is 19.1 Å². The summed E-state index contributed by atoms with van der Waals surface area (Å²) in [7, 11) is 0. The van der Waals surface area contributed by atoms with Gasteiger partial charge in [-0.3, -0.25) is 0 Å². The van der Waals surface area contributed by atoms with Crippen molar-refractivity contribution in [3.8, 4) is 0 Å². The van der Waals surface area contributed by atoms with E-state index in [2.05, 4.69) is 13.8 Å². The van der Waals surface area contributed by atoms with E-state index in [0.29, 0.717) is 6.61 Å². The van der Waals surface area contributed by atoms with Crippen molar-refractivity contribution in [2.75, 3.05) is 6.61 Å². The summed E-state index contributed by atoms with van der Waals surface area (Å²) in [6, 6.07) is 0. The van der Waals surface area contributed by atoms with Crippen LogP contribution in [-0.4, -0.2) is 24.6 Å². The van der Waals surface area contributed by atoms with E-state index in [1.54, 1.807) is 0 Å². The number of hydrogen-bond donors (Lipinski definition) is 0. The molecule has 0 aromatic rings. The lowest BCUT2D eigenvalue weighted by atomic mass is 10.1. The molecule has 0 spiro atoms. The van der Waals surface area contributed by atoms with Gasteiger partial charge in [-0.2, -0.15) is 0 Å². The Kier molecular flexibility index (Phi) is 16.6. The SMILES string of the molecule is CCCCCCCCCCOC(=O)/C=C/C(=O)OC(C)CCCCC. The van der Waals surface area contributed by atoms with Crippen LogP contribution < -0.4 is 0 Å². The highest BCUT2D eigenvalue weighted by Gasteiger charge is 2.07. The van der Waals surface area contributed by atoms with Gasteiger partial charge in [-0.05, 0) is 26.2 Å². The summed E-state index contributed by atoms with van der Waals surface area (Å²) < 4.78 is 10.3. The average molecular weight is 355 g/mol. The van der Waals surface area contributed by atoms with Gasteiger partial charge in [0.1, 0.15) is 0 Å². The number of unbranched alkanes of at least 4 members (excludes halogenated alkanes) is 9. The van der Waals surface area contributed by atoms with Crippen LogP contribution in [0.15, 0.2) is 12.2 Å². The van der Waals surface area contributed by atoms with Crippen LogP contribution in [0, 0.1) is 0 Å². The van der Waals surface area contributed by atoms with Crippen LogP contribution in [0.25, 0.3) is 0 Å². The summed E-state index contributed by atoms with van der Waals surface area (Å²) >= 11 is 0. The van der Waals surface area contributed by atoms with Gasteiger partial charge in [0, 0.05) is 12.2 Å².